The zero-order valence-electron chi connectivity index (χ0n) is 15.3. The molecular formula is C19H22N2O6. The summed E-state index contributed by atoms with van der Waals surface area (Å²) in [5, 5.41) is 12.3. The number of carbonyl (C=O) groups excluding carboxylic acids is 2. The van der Waals surface area contributed by atoms with Crippen LogP contribution in [0.15, 0.2) is 30.0 Å². The third kappa shape index (κ3) is 4.21. The number of rotatable bonds is 4. The van der Waals surface area contributed by atoms with E-state index in [4.69, 9.17) is 9.47 Å². The van der Waals surface area contributed by atoms with Gasteiger partial charge in [-0.05, 0) is 37.5 Å². The Balaban J connectivity index is 1.81. The maximum atomic E-state index is 11.9. The molecule has 8 nitrogen and oxygen atoms in total. The number of carboxylic acids is 1. The highest BCUT2D eigenvalue weighted by atomic mass is 16.7. The fourth-order valence-electron chi connectivity index (χ4n) is 3.14. The Hall–Kier alpha value is -3.03. The quantitative estimate of drug-likeness (QED) is 0.470. The standard InChI is InChI=1S/C19H22N2O6/c1-19(2)26-17(24)14(18(25)27-19)11-20-12-6-7-15(13(10-12)16(22)23)21-8-4-3-5-9-21/h6-7,10-11,20H,3-5,8-9H2,1-2H3,(H,22,23). The van der Waals surface area contributed by atoms with Gasteiger partial charge < -0.3 is 24.8 Å². The normalized spacial score (nSPS) is 19.2. The lowest BCUT2D eigenvalue weighted by atomic mass is 10.1. The van der Waals surface area contributed by atoms with Crippen LogP contribution in [0.3, 0.4) is 0 Å². The van der Waals surface area contributed by atoms with Crippen LogP contribution in [-0.2, 0) is 19.1 Å². The van der Waals surface area contributed by atoms with Gasteiger partial charge in [0.05, 0.1) is 11.3 Å². The number of nitrogens with zero attached hydrogens (tertiary/aromatic N) is 1. The first-order chi connectivity index (χ1) is 12.8. The molecule has 0 atom stereocenters. The number of nitrogens with one attached hydrogen (secondary N) is 1. The van der Waals surface area contributed by atoms with Crippen LogP contribution in [0.2, 0.25) is 0 Å². The lowest BCUT2D eigenvalue weighted by Gasteiger charge is -2.30. The molecule has 2 aliphatic heterocycles. The van der Waals surface area contributed by atoms with Crippen molar-refractivity contribution >= 4 is 29.3 Å². The van der Waals surface area contributed by atoms with E-state index in [1.165, 1.54) is 26.1 Å². The smallest absolute Gasteiger partial charge is 0.350 e. The van der Waals surface area contributed by atoms with E-state index < -0.39 is 23.7 Å². The molecule has 2 heterocycles. The molecule has 0 bridgehead atoms. The van der Waals surface area contributed by atoms with Crippen molar-refractivity contribution in [2.45, 2.75) is 38.9 Å². The number of esters is 2. The first-order valence-corrected chi connectivity index (χ1v) is 8.82. The molecule has 8 heteroatoms. The Bertz CT molecular complexity index is 786. The molecule has 144 valence electrons. The molecule has 1 aromatic carbocycles. The Morgan fingerprint density at radius 3 is 2.37 bits per heavy atom. The van der Waals surface area contributed by atoms with Gasteiger partial charge in [0.2, 0.25) is 0 Å². The molecule has 0 unspecified atom stereocenters. The van der Waals surface area contributed by atoms with Gasteiger partial charge in [0.1, 0.15) is 0 Å². The van der Waals surface area contributed by atoms with Crippen LogP contribution < -0.4 is 10.2 Å². The van der Waals surface area contributed by atoms with Crippen molar-refractivity contribution in [3.05, 3.63) is 35.5 Å². The Morgan fingerprint density at radius 1 is 1.15 bits per heavy atom. The third-order valence-corrected chi connectivity index (χ3v) is 4.42. The van der Waals surface area contributed by atoms with Gasteiger partial charge in [-0.1, -0.05) is 0 Å². The molecule has 0 amide bonds. The zero-order valence-corrected chi connectivity index (χ0v) is 15.3. The molecule has 1 aromatic rings. The van der Waals surface area contributed by atoms with Crippen LogP contribution in [0.4, 0.5) is 11.4 Å². The van der Waals surface area contributed by atoms with Gasteiger partial charge >= 0.3 is 17.9 Å². The minimum atomic E-state index is -1.31. The number of aromatic carboxylic acids is 1. The summed E-state index contributed by atoms with van der Waals surface area (Å²) in [7, 11) is 0. The first-order valence-electron chi connectivity index (χ1n) is 8.82. The van der Waals surface area contributed by atoms with Crippen LogP contribution in [0, 0.1) is 0 Å². The first kappa shape index (κ1) is 18.8. The summed E-state index contributed by atoms with van der Waals surface area (Å²) < 4.78 is 10.0. The SMILES string of the molecule is CC1(C)OC(=O)C(=CNc2ccc(N3CCCCC3)c(C(=O)O)c2)C(=O)O1. The predicted octanol–water partition coefficient (Wildman–Crippen LogP) is 2.51. The highest BCUT2D eigenvalue weighted by Gasteiger charge is 2.38. The second-order valence-electron chi connectivity index (χ2n) is 6.97. The number of ether oxygens (including phenoxy) is 2. The molecule has 2 N–H and O–H groups in total. The number of hydrogen-bond donors (Lipinski definition) is 2. The molecule has 0 radical (unpaired) electrons. The van der Waals surface area contributed by atoms with Crippen molar-refractivity contribution in [3.63, 3.8) is 0 Å². The molecule has 2 saturated heterocycles. The van der Waals surface area contributed by atoms with E-state index in [-0.39, 0.29) is 11.1 Å². The molecule has 2 fully saturated rings. The highest BCUT2D eigenvalue weighted by Crippen LogP contribution is 2.28. The Morgan fingerprint density at radius 2 is 1.78 bits per heavy atom. The van der Waals surface area contributed by atoms with E-state index in [0.29, 0.717) is 11.4 Å². The Labute approximate surface area is 156 Å². The second kappa shape index (κ2) is 7.30. The van der Waals surface area contributed by atoms with Crippen LogP contribution in [-0.4, -0.2) is 41.9 Å². The van der Waals surface area contributed by atoms with Gasteiger partial charge in [-0.2, -0.15) is 0 Å². The fraction of sp³-hybridized carbons (Fsp3) is 0.421. The van der Waals surface area contributed by atoms with Gasteiger partial charge in [0.25, 0.3) is 5.79 Å². The van der Waals surface area contributed by atoms with E-state index in [1.54, 1.807) is 12.1 Å². The number of piperidine rings is 1. The monoisotopic (exact) mass is 374 g/mol. The molecule has 0 saturated carbocycles. The summed E-state index contributed by atoms with van der Waals surface area (Å²) in [5.41, 5.74) is 0.978. The predicted molar refractivity (Wildman–Crippen MR) is 97.4 cm³/mol. The number of carbonyl (C=O) groups is 3. The van der Waals surface area contributed by atoms with Gasteiger partial charge in [0.15, 0.2) is 5.57 Å². The Kier molecular flexibility index (Phi) is 5.07. The largest absolute Gasteiger partial charge is 0.478 e. The highest BCUT2D eigenvalue weighted by molar-refractivity contribution is 6.15. The van der Waals surface area contributed by atoms with Crippen molar-refractivity contribution in [2.24, 2.45) is 0 Å². The topological polar surface area (TPSA) is 105 Å². The minimum absolute atomic E-state index is 0.162. The summed E-state index contributed by atoms with van der Waals surface area (Å²) in [6.45, 7) is 4.58. The van der Waals surface area contributed by atoms with E-state index in [0.717, 1.165) is 32.4 Å². The van der Waals surface area contributed by atoms with Crippen LogP contribution in [0.1, 0.15) is 43.5 Å². The van der Waals surface area contributed by atoms with Gasteiger partial charge in [-0.15, -0.1) is 0 Å². The average molecular weight is 374 g/mol. The van der Waals surface area contributed by atoms with E-state index in [2.05, 4.69) is 10.2 Å². The lowest BCUT2D eigenvalue weighted by Crippen LogP contribution is -2.42. The molecule has 27 heavy (non-hydrogen) atoms. The van der Waals surface area contributed by atoms with Gasteiger partial charge in [-0.3, -0.25) is 0 Å². The molecule has 0 spiro atoms. The van der Waals surface area contributed by atoms with E-state index >= 15 is 0 Å². The number of benzene rings is 1. The van der Waals surface area contributed by atoms with E-state index in [1.807, 2.05) is 0 Å². The van der Waals surface area contributed by atoms with Crippen LogP contribution in [0.5, 0.6) is 0 Å². The fourth-order valence-corrected chi connectivity index (χ4v) is 3.14. The molecule has 2 aliphatic rings. The summed E-state index contributed by atoms with van der Waals surface area (Å²) in [5.74, 6) is -3.94. The maximum absolute atomic E-state index is 11.9. The minimum Gasteiger partial charge on any atom is -0.478 e. The molecular weight excluding hydrogens is 352 g/mol. The third-order valence-electron chi connectivity index (χ3n) is 4.42. The van der Waals surface area contributed by atoms with Gasteiger partial charge in [0, 0.05) is 38.8 Å². The molecule has 0 aromatic heterocycles. The van der Waals surface area contributed by atoms with Crippen molar-refractivity contribution < 1.29 is 29.0 Å². The molecule has 3 rings (SSSR count). The molecule has 0 aliphatic carbocycles. The number of carboxylic acid groups (broad SMARTS) is 1. The second-order valence-corrected chi connectivity index (χ2v) is 6.97. The van der Waals surface area contributed by atoms with Crippen LogP contribution >= 0.6 is 0 Å². The maximum Gasteiger partial charge on any atom is 0.350 e. The number of cyclic esters (lactones) is 2. The van der Waals surface area contributed by atoms with Gasteiger partial charge in [-0.25, -0.2) is 14.4 Å². The summed E-state index contributed by atoms with van der Waals surface area (Å²) in [4.78, 5) is 37.6. The summed E-state index contributed by atoms with van der Waals surface area (Å²) in [6.07, 6.45) is 4.38. The van der Waals surface area contributed by atoms with Crippen molar-refractivity contribution in [1.29, 1.82) is 0 Å². The number of hydrogen-bond acceptors (Lipinski definition) is 7. The van der Waals surface area contributed by atoms with Crippen molar-refractivity contribution in [3.8, 4) is 0 Å². The summed E-state index contributed by atoms with van der Waals surface area (Å²) >= 11 is 0. The van der Waals surface area contributed by atoms with Crippen molar-refractivity contribution in [2.75, 3.05) is 23.3 Å². The average Bonchev–Trinajstić information content (AvgIpc) is 2.60. The number of anilines is 2. The van der Waals surface area contributed by atoms with Crippen molar-refractivity contribution in [1.82, 2.24) is 0 Å². The van der Waals surface area contributed by atoms with Crippen LogP contribution in [0.25, 0.3) is 0 Å². The lowest BCUT2D eigenvalue weighted by molar-refractivity contribution is -0.222. The summed E-state index contributed by atoms with van der Waals surface area (Å²) in [6, 6.07) is 4.92. The zero-order chi connectivity index (χ0) is 19.6. The van der Waals surface area contributed by atoms with E-state index in [9.17, 15) is 19.5 Å².